The number of rotatable bonds is 6. The van der Waals surface area contributed by atoms with Gasteiger partial charge in [-0.3, -0.25) is 9.69 Å². The largest absolute Gasteiger partial charge is 0.508 e. The van der Waals surface area contributed by atoms with Gasteiger partial charge in [0.25, 0.3) is 0 Å². The van der Waals surface area contributed by atoms with E-state index < -0.39 is 0 Å². The third-order valence-electron chi connectivity index (χ3n) is 2.63. The van der Waals surface area contributed by atoms with Crippen molar-refractivity contribution in [3.63, 3.8) is 0 Å². The van der Waals surface area contributed by atoms with Gasteiger partial charge in [0, 0.05) is 6.42 Å². The van der Waals surface area contributed by atoms with Crippen LogP contribution in [0.3, 0.4) is 0 Å². The molecule has 0 fully saturated rings. The molecule has 0 radical (unpaired) electrons. The van der Waals surface area contributed by atoms with Gasteiger partial charge in [-0.1, -0.05) is 26.0 Å². The molecule has 0 aliphatic rings. The predicted octanol–water partition coefficient (Wildman–Crippen LogP) is 1.85. The van der Waals surface area contributed by atoms with Crippen LogP contribution in [-0.2, 0) is 11.2 Å². The Morgan fingerprint density at radius 1 is 1.19 bits per heavy atom. The number of aromatic hydroxyl groups is 1. The number of benzene rings is 1. The molecule has 0 bridgehead atoms. The molecule has 16 heavy (non-hydrogen) atoms. The highest BCUT2D eigenvalue weighted by Gasteiger charge is 2.08. The fraction of sp³-hybridized carbons (Fsp3) is 0.462. The molecule has 3 nitrogen and oxygen atoms in total. The fourth-order valence-corrected chi connectivity index (χ4v) is 1.59. The van der Waals surface area contributed by atoms with E-state index in [4.69, 9.17) is 5.11 Å². The van der Waals surface area contributed by atoms with Gasteiger partial charge in [-0.05, 0) is 30.8 Å². The van der Waals surface area contributed by atoms with Gasteiger partial charge in [0.2, 0.25) is 0 Å². The third kappa shape index (κ3) is 4.03. The summed E-state index contributed by atoms with van der Waals surface area (Å²) < 4.78 is 0. The van der Waals surface area contributed by atoms with Crippen molar-refractivity contribution in [1.82, 2.24) is 4.90 Å². The molecule has 0 amide bonds. The van der Waals surface area contributed by atoms with Crippen molar-refractivity contribution in [3.05, 3.63) is 29.8 Å². The number of hydrogen-bond donors (Lipinski definition) is 1. The average molecular weight is 221 g/mol. The molecule has 88 valence electrons. The van der Waals surface area contributed by atoms with E-state index in [1.54, 1.807) is 24.3 Å². The lowest BCUT2D eigenvalue weighted by Gasteiger charge is -2.16. The van der Waals surface area contributed by atoms with Crippen molar-refractivity contribution in [2.45, 2.75) is 20.3 Å². The standard InChI is InChI=1S/C13H19NO2/c1-3-14(4-2)10-13(16)9-11-5-7-12(15)8-6-11/h5-8,15H,3-4,9-10H2,1-2H3. The molecule has 1 N–H and O–H groups in total. The number of ketones is 1. The molecule has 0 unspecified atom stereocenters. The maximum absolute atomic E-state index is 11.7. The second-order valence-electron chi connectivity index (χ2n) is 3.84. The van der Waals surface area contributed by atoms with Crippen LogP contribution in [0.25, 0.3) is 0 Å². The molecule has 0 saturated carbocycles. The summed E-state index contributed by atoms with van der Waals surface area (Å²) in [6.07, 6.45) is 0.441. The molecule has 0 spiro atoms. The lowest BCUT2D eigenvalue weighted by molar-refractivity contribution is -0.119. The molecule has 1 aromatic rings. The highest BCUT2D eigenvalue weighted by Crippen LogP contribution is 2.10. The van der Waals surface area contributed by atoms with Crippen LogP contribution in [0.4, 0.5) is 0 Å². The number of phenols is 1. The molecule has 0 atom stereocenters. The SMILES string of the molecule is CCN(CC)CC(=O)Cc1ccc(O)cc1. The molecule has 0 heterocycles. The highest BCUT2D eigenvalue weighted by atomic mass is 16.3. The first-order valence-electron chi connectivity index (χ1n) is 5.67. The summed E-state index contributed by atoms with van der Waals surface area (Å²) in [6.45, 7) is 6.41. The summed E-state index contributed by atoms with van der Waals surface area (Å²) >= 11 is 0. The average Bonchev–Trinajstić information content (AvgIpc) is 2.29. The summed E-state index contributed by atoms with van der Waals surface area (Å²) in [6, 6.07) is 6.80. The highest BCUT2D eigenvalue weighted by molar-refractivity contribution is 5.82. The van der Waals surface area contributed by atoms with E-state index in [0.29, 0.717) is 13.0 Å². The zero-order chi connectivity index (χ0) is 12.0. The molecule has 1 rings (SSSR count). The summed E-state index contributed by atoms with van der Waals surface area (Å²) in [7, 11) is 0. The van der Waals surface area contributed by atoms with Crippen molar-refractivity contribution in [2.75, 3.05) is 19.6 Å². The van der Waals surface area contributed by atoms with Crippen LogP contribution < -0.4 is 0 Å². The Morgan fingerprint density at radius 3 is 2.25 bits per heavy atom. The molecule has 1 aromatic carbocycles. The van der Waals surface area contributed by atoms with Crippen molar-refractivity contribution in [2.24, 2.45) is 0 Å². The first-order chi connectivity index (χ1) is 7.65. The Labute approximate surface area is 96.7 Å². The first-order valence-corrected chi connectivity index (χ1v) is 5.67. The van der Waals surface area contributed by atoms with Crippen LogP contribution in [0, 0.1) is 0 Å². The monoisotopic (exact) mass is 221 g/mol. The third-order valence-corrected chi connectivity index (χ3v) is 2.63. The lowest BCUT2D eigenvalue weighted by Crippen LogP contribution is -2.30. The molecule has 3 heteroatoms. The Hall–Kier alpha value is -1.35. The van der Waals surface area contributed by atoms with E-state index in [1.807, 2.05) is 0 Å². The number of phenolic OH excluding ortho intramolecular Hbond substituents is 1. The van der Waals surface area contributed by atoms with Crippen LogP contribution in [0.5, 0.6) is 5.75 Å². The zero-order valence-electron chi connectivity index (χ0n) is 9.94. The number of carbonyl (C=O) groups is 1. The Bertz CT molecular complexity index is 328. The van der Waals surface area contributed by atoms with Crippen LogP contribution in [-0.4, -0.2) is 35.4 Å². The van der Waals surface area contributed by atoms with E-state index in [-0.39, 0.29) is 11.5 Å². The fourth-order valence-electron chi connectivity index (χ4n) is 1.59. The summed E-state index contributed by atoms with van der Waals surface area (Å²) in [4.78, 5) is 13.8. The second kappa shape index (κ2) is 6.28. The smallest absolute Gasteiger partial charge is 0.151 e. The molecule has 0 saturated heterocycles. The summed E-state index contributed by atoms with van der Waals surface area (Å²) in [5.41, 5.74) is 0.954. The summed E-state index contributed by atoms with van der Waals surface area (Å²) in [5.74, 6) is 0.453. The quantitative estimate of drug-likeness (QED) is 0.797. The van der Waals surface area contributed by atoms with Crippen LogP contribution in [0.2, 0.25) is 0 Å². The Balaban J connectivity index is 2.48. The molecular formula is C13H19NO2. The van der Waals surface area contributed by atoms with Gasteiger partial charge in [-0.2, -0.15) is 0 Å². The Kier molecular flexibility index (Phi) is 4.99. The minimum absolute atomic E-state index is 0.217. The zero-order valence-corrected chi connectivity index (χ0v) is 9.94. The number of likely N-dealkylation sites (N-methyl/N-ethyl adjacent to an activating group) is 1. The van der Waals surface area contributed by atoms with Gasteiger partial charge in [0.1, 0.15) is 5.75 Å². The lowest BCUT2D eigenvalue weighted by atomic mass is 10.1. The number of nitrogens with zero attached hydrogens (tertiary/aromatic N) is 1. The number of hydrogen-bond acceptors (Lipinski definition) is 3. The minimum atomic E-state index is 0.217. The van der Waals surface area contributed by atoms with Crippen LogP contribution in [0.1, 0.15) is 19.4 Å². The van der Waals surface area contributed by atoms with E-state index >= 15 is 0 Å². The minimum Gasteiger partial charge on any atom is -0.508 e. The molecular weight excluding hydrogens is 202 g/mol. The van der Waals surface area contributed by atoms with Crippen molar-refractivity contribution < 1.29 is 9.90 Å². The van der Waals surface area contributed by atoms with Crippen LogP contribution >= 0.6 is 0 Å². The molecule has 0 aliphatic carbocycles. The van der Waals surface area contributed by atoms with Crippen molar-refractivity contribution >= 4 is 5.78 Å². The van der Waals surface area contributed by atoms with Gasteiger partial charge in [-0.25, -0.2) is 0 Å². The predicted molar refractivity (Wildman–Crippen MR) is 64.6 cm³/mol. The van der Waals surface area contributed by atoms with E-state index in [9.17, 15) is 4.79 Å². The van der Waals surface area contributed by atoms with E-state index in [2.05, 4.69) is 18.7 Å². The van der Waals surface area contributed by atoms with E-state index in [0.717, 1.165) is 18.7 Å². The van der Waals surface area contributed by atoms with Gasteiger partial charge in [0.05, 0.1) is 6.54 Å². The van der Waals surface area contributed by atoms with Crippen molar-refractivity contribution in [3.8, 4) is 5.75 Å². The normalized spacial score (nSPS) is 10.7. The number of Topliss-reactive ketones (excluding diaryl/α,β-unsaturated/α-hetero) is 1. The maximum atomic E-state index is 11.7. The van der Waals surface area contributed by atoms with Crippen molar-refractivity contribution in [1.29, 1.82) is 0 Å². The maximum Gasteiger partial charge on any atom is 0.151 e. The van der Waals surface area contributed by atoms with Crippen LogP contribution in [0.15, 0.2) is 24.3 Å². The molecule has 0 aromatic heterocycles. The number of carbonyl (C=O) groups excluding carboxylic acids is 1. The van der Waals surface area contributed by atoms with Gasteiger partial charge in [-0.15, -0.1) is 0 Å². The van der Waals surface area contributed by atoms with Gasteiger partial charge >= 0.3 is 0 Å². The second-order valence-corrected chi connectivity index (χ2v) is 3.84. The summed E-state index contributed by atoms with van der Waals surface area (Å²) in [5, 5.41) is 9.12. The van der Waals surface area contributed by atoms with Gasteiger partial charge < -0.3 is 5.11 Å². The topological polar surface area (TPSA) is 40.5 Å². The first kappa shape index (κ1) is 12.7. The van der Waals surface area contributed by atoms with E-state index in [1.165, 1.54) is 0 Å². The van der Waals surface area contributed by atoms with Gasteiger partial charge in [0.15, 0.2) is 5.78 Å². The molecule has 0 aliphatic heterocycles. The Morgan fingerprint density at radius 2 is 1.75 bits per heavy atom.